The molecule has 2 aromatic rings. The van der Waals surface area contributed by atoms with Crippen LogP contribution in [0.15, 0.2) is 24.3 Å². The summed E-state index contributed by atoms with van der Waals surface area (Å²) in [4.78, 5) is 25.0. The Kier molecular flexibility index (Phi) is 6.61. The largest absolute Gasteiger partial charge is 0.482 e. The summed E-state index contributed by atoms with van der Waals surface area (Å²) >= 11 is 1.42. The molecule has 0 spiro atoms. The van der Waals surface area contributed by atoms with Crippen LogP contribution < -0.4 is 10.1 Å². The van der Waals surface area contributed by atoms with E-state index in [-0.39, 0.29) is 0 Å². The monoisotopic (exact) mass is 402 g/mol. The number of hydrogen-bond donors (Lipinski definition) is 1. The number of nitriles is 1. The molecule has 3 rings (SSSR count). The lowest BCUT2D eigenvalue weighted by Gasteiger charge is -2.07. The number of halogens is 1. The standard InChI is InChI=1S/C20H19FN2O4S/c21-13-6-8-14(9-7-13)26-12-19(25)27-11-18(24)23-20-16(10-22)15-4-2-1-3-5-17(15)28-20/h6-9H,1-5,11-12H2,(H,23,24). The topological polar surface area (TPSA) is 88.4 Å². The number of thiophene rings is 1. The van der Waals surface area contributed by atoms with Gasteiger partial charge in [-0.2, -0.15) is 5.26 Å². The molecule has 28 heavy (non-hydrogen) atoms. The van der Waals surface area contributed by atoms with E-state index in [2.05, 4.69) is 11.4 Å². The fourth-order valence-corrected chi connectivity index (χ4v) is 4.23. The number of ether oxygens (including phenoxy) is 2. The highest BCUT2D eigenvalue weighted by molar-refractivity contribution is 7.16. The van der Waals surface area contributed by atoms with Crippen LogP contribution in [0.4, 0.5) is 9.39 Å². The Bertz CT molecular complexity index is 902. The maximum atomic E-state index is 12.8. The summed E-state index contributed by atoms with van der Waals surface area (Å²) in [6.07, 6.45) is 5.03. The normalized spacial score (nSPS) is 13.0. The van der Waals surface area contributed by atoms with Gasteiger partial charge in [0.1, 0.15) is 22.6 Å². The van der Waals surface area contributed by atoms with E-state index >= 15 is 0 Å². The average molecular weight is 402 g/mol. The van der Waals surface area contributed by atoms with E-state index in [4.69, 9.17) is 9.47 Å². The number of esters is 1. The maximum Gasteiger partial charge on any atom is 0.344 e. The van der Waals surface area contributed by atoms with Crippen LogP contribution in [0.25, 0.3) is 0 Å². The van der Waals surface area contributed by atoms with Gasteiger partial charge in [0.05, 0.1) is 5.56 Å². The Balaban J connectivity index is 1.50. The highest BCUT2D eigenvalue weighted by atomic mass is 32.1. The van der Waals surface area contributed by atoms with Gasteiger partial charge in [-0.1, -0.05) is 6.42 Å². The molecule has 8 heteroatoms. The molecule has 0 bridgehead atoms. The quantitative estimate of drug-likeness (QED) is 0.589. The van der Waals surface area contributed by atoms with Crippen molar-refractivity contribution in [3.8, 4) is 11.8 Å². The lowest BCUT2D eigenvalue weighted by Crippen LogP contribution is -2.23. The predicted molar refractivity (Wildman–Crippen MR) is 102 cm³/mol. The summed E-state index contributed by atoms with van der Waals surface area (Å²) in [6, 6.07) is 7.39. The van der Waals surface area contributed by atoms with Crippen molar-refractivity contribution in [3.63, 3.8) is 0 Å². The lowest BCUT2D eigenvalue weighted by molar-refractivity contribution is -0.149. The summed E-state index contributed by atoms with van der Waals surface area (Å²) < 4.78 is 22.9. The number of anilines is 1. The van der Waals surface area contributed by atoms with Crippen LogP contribution in [0.3, 0.4) is 0 Å². The first-order chi connectivity index (χ1) is 13.6. The van der Waals surface area contributed by atoms with Crippen LogP contribution in [0, 0.1) is 17.1 Å². The molecule has 0 saturated carbocycles. The molecule has 0 aliphatic heterocycles. The molecule has 1 N–H and O–H groups in total. The first-order valence-corrected chi connectivity index (χ1v) is 9.77. The van der Waals surface area contributed by atoms with Gasteiger partial charge >= 0.3 is 5.97 Å². The molecule has 1 aromatic heterocycles. The molecule has 1 aliphatic rings. The Morgan fingerprint density at radius 1 is 1.14 bits per heavy atom. The molecule has 0 saturated heterocycles. The highest BCUT2D eigenvalue weighted by Crippen LogP contribution is 2.36. The second-order valence-electron chi connectivity index (χ2n) is 6.33. The van der Waals surface area contributed by atoms with Crippen LogP contribution in [-0.4, -0.2) is 25.1 Å². The second kappa shape index (κ2) is 9.33. The van der Waals surface area contributed by atoms with Crippen molar-refractivity contribution in [2.24, 2.45) is 0 Å². The number of carbonyl (C=O) groups excluding carboxylic acids is 2. The van der Waals surface area contributed by atoms with Gasteiger partial charge in [0.25, 0.3) is 5.91 Å². The number of fused-ring (bicyclic) bond motifs is 1. The van der Waals surface area contributed by atoms with E-state index in [9.17, 15) is 19.2 Å². The zero-order valence-electron chi connectivity index (χ0n) is 15.1. The number of rotatable bonds is 6. The van der Waals surface area contributed by atoms with Crippen molar-refractivity contribution < 1.29 is 23.5 Å². The van der Waals surface area contributed by atoms with E-state index in [1.807, 2.05) is 0 Å². The van der Waals surface area contributed by atoms with Crippen LogP contribution in [0.2, 0.25) is 0 Å². The van der Waals surface area contributed by atoms with Crippen LogP contribution >= 0.6 is 11.3 Å². The van der Waals surface area contributed by atoms with E-state index < -0.39 is 30.9 Å². The minimum Gasteiger partial charge on any atom is -0.482 e. The van der Waals surface area contributed by atoms with Gasteiger partial charge in [0.15, 0.2) is 13.2 Å². The predicted octanol–water partition coefficient (Wildman–Crippen LogP) is 3.59. The fourth-order valence-electron chi connectivity index (χ4n) is 2.97. The van der Waals surface area contributed by atoms with Gasteiger partial charge < -0.3 is 14.8 Å². The number of carbonyl (C=O) groups is 2. The van der Waals surface area contributed by atoms with E-state index in [0.717, 1.165) is 42.5 Å². The molecular weight excluding hydrogens is 383 g/mol. The number of nitrogens with zero attached hydrogens (tertiary/aromatic N) is 1. The zero-order chi connectivity index (χ0) is 19.9. The lowest BCUT2D eigenvalue weighted by atomic mass is 10.1. The summed E-state index contributed by atoms with van der Waals surface area (Å²) in [7, 11) is 0. The number of amides is 1. The van der Waals surface area contributed by atoms with Gasteiger partial charge in [-0.25, -0.2) is 9.18 Å². The second-order valence-corrected chi connectivity index (χ2v) is 7.44. The number of benzene rings is 1. The Labute approximate surface area is 165 Å². The third-order valence-corrected chi connectivity index (χ3v) is 5.53. The third-order valence-electron chi connectivity index (χ3n) is 4.32. The molecule has 1 amide bonds. The summed E-state index contributed by atoms with van der Waals surface area (Å²) in [6.45, 7) is -0.866. The molecule has 0 fully saturated rings. The fraction of sp³-hybridized carbons (Fsp3) is 0.350. The summed E-state index contributed by atoms with van der Waals surface area (Å²) in [5, 5.41) is 12.6. The van der Waals surface area contributed by atoms with Crippen molar-refractivity contribution in [2.45, 2.75) is 32.1 Å². The van der Waals surface area contributed by atoms with Crippen molar-refractivity contribution in [2.75, 3.05) is 18.5 Å². The van der Waals surface area contributed by atoms with E-state index in [0.29, 0.717) is 16.3 Å². The minimum absolute atomic E-state index is 0.321. The number of hydrogen-bond acceptors (Lipinski definition) is 6. The Morgan fingerprint density at radius 3 is 2.64 bits per heavy atom. The summed E-state index contributed by atoms with van der Waals surface area (Å²) in [5.74, 6) is -1.32. The van der Waals surface area contributed by atoms with Gasteiger partial charge in [0.2, 0.25) is 0 Å². The number of nitrogens with one attached hydrogen (secondary N) is 1. The first-order valence-electron chi connectivity index (χ1n) is 8.95. The molecule has 6 nitrogen and oxygen atoms in total. The number of aryl methyl sites for hydroxylation is 1. The smallest absolute Gasteiger partial charge is 0.344 e. The van der Waals surface area contributed by atoms with Crippen molar-refractivity contribution >= 4 is 28.2 Å². The third kappa shape index (κ3) is 5.08. The van der Waals surface area contributed by atoms with Crippen LogP contribution in [0.1, 0.15) is 35.3 Å². The van der Waals surface area contributed by atoms with Crippen molar-refractivity contribution in [3.05, 3.63) is 46.1 Å². The molecule has 1 heterocycles. The van der Waals surface area contributed by atoms with Gasteiger partial charge in [-0.05, 0) is 55.5 Å². The van der Waals surface area contributed by atoms with E-state index in [1.165, 1.54) is 35.6 Å². The molecule has 0 atom stereocenters. The van der Waals surface area contributed by atoms with Gasteiger partial charge in [-0.15, -0.1) is 11.3 Å². The van der Waals surface area contributed by atoms with Crippen LogP contribution in [-0.2, 0) is 27.2 Å². The first kappa shape index (κ1) is 19.8. The maximum absolute atomic E-state index is 12.8. The highest BCUT2D eigenvalue weighted by Gasteiger charge is 2.21. The molecular formula is C20H19FN2O4S. The summed E-state index contributed by atoms with van der Waals surface area (Å²) in [5.41, 5.74) is 1.55. The van der Waals surface area contributed by atoms with Gasteiger partial charge in [-0.3, -0.25) is 4.79 Å². The van der Waals surface area contributed by atoms with E-state index in [1.54, 1.807) is 0 Å². The minimum atomic E-state index is -0.720. The zero-order valence-corrected chi connectivity index (χ0v) is 15.9. The molecule has 1 aliphatic carbocycles. The molecule has 1 aromatic carbocycles. The molecule has 0 radical (unpaired) electrons. The SMILES string of the molecule is N#Cc1c(NC(=O)COC(=O)COc2ccc(F)cc2)sc2c1CCCCC2. The average Bonchev–Trinajstić information content (AvgIpc) is 2.85. The van der Waals surface area contributed by atoms with Crippen molar-refractivity contribution in [1.82, 2.24) is 0 Å². The Morgan fingerprint density at radius 2 is 1.89 bits per heavy atom. The Hall–Kier alpha value is -2.92. The van der Waals surface area contributed by atoms with Crippen LogP contribution in [0.5, 0.6) is 5.75 Å². The molecule has 146 valence electrons. The molecule has 0 unspecified atom stereocenters. The van der Waals surface area contributed by atoms with Gasteiger partial charge in [0, 0.05) is 4.88 Å². The van der Waals surface area contributed by atoms with Crippen molar-refractivity contribution in [1.29, 1.82) is 5.26 Å².